The molecule has 4 atom stereocenters. The molecule has 15 heteroatoms. The fourth-order valence-electron chi connectivity index (χ4n) is 6.05. The topological polar surface area (TPSA) is 138 Å². The van der Waals surface area contributed by atoms with E-state index < -0.39 is 39.2 Å². The molecular formula is C43H85N5O6Si4. The van der Waals surface area contributed by atoms with Crippen molar-refractivity contribution < 1.29 is 27.6 Å². The molecule has 334 valence electrons. The molecule has 2 rings (SSSR count). The lowest BCUT2D eigenvalue weighted by atomic mass is 9.94. The Balaban J connectivity index is 2.54. The molecule has 1 aromatic carbocycles. The van der Waals surface area contributed by atoms with Crippen molar-refractivity contribution in [2.75, 3.05) is 31.6 Å². The van der Waals surface area contributed by atoms with Crippen LogP contribution in [0.5, 0.6) is 0 Å². The maximum atomic E-state index is 11.9. The first-order valence-electron chi connectivity index (χ1n) is 21.7. The van der Waals surface area contributed by atoms with E-state index in [1.807, 2.05) is 0 Å². The maximum Gasteiger partial charge on any atom is 0.337 e. The molecule has 0 radical (unpaired) electrons. The number of azide groups is 1. The van der Waals surface area contributed by atoms with Crippen molar-refractivity contribution in [3.8, 4) is 0 Å². The van der Waals surface area contributed by atoms with Gasteiger partial charge < -0.3 is 28.1 Å². The van der Waals surface area contributed by atoms with Crippen molar-refractivity contribution in [2.24, 2.45) is 5.11 Å². The number of benzene rings is 1. The van der Waals surface area contributed by atoms with E-state index in [-0.39, 0.29) is 55.8 Å². The van der Waals surface area contributed by atoms with Crippen LogP contribution in [0, 0.1) is 0 Å². The number of aromatic carboxylic acids is 1. The highest BCUT2D eigenvalue weighted by Crippen LogP contribution is 2.46. The molecule has 0 saturated carbocycles. The molecular weight excluding hydrogens is 795 g/mol. The normalized spacial score (nSPS) is 20.8. The Morgan fingerprint density at radius 1 is 0.759 bits per heavy atom. The minimum absolute atomic E-state index is 0.00160. The van der Waals surface area contributed by atoms with Gasteiger partial charge in [-0.25, -0.2) is 4.79 Å². The van der Waals surface area contributed by atoms with Crippen LogP contribution in [0.25, 0.3) is 10.4 Å². The number of rotatable bonds is 19. The number of anilines is 1. The summed E-state index contributed by atoms with van der Waals surface area (Å²) in [5.74, 6) is -1.06. The zero-order chi connectivity index (χ0) is 44.9. The minimum Gasteiger partial charge on any atom is -0.478 e. The lowest BCUT2D eigenvalue weighted by molar-refractivity contribution is -0.128. The summed E-state index contributed by atoms with van der Waals surface area (Å²) >= 11 is 0. The second-order valence-electron chi connectivity index (χ2n) is 22.8. The maximum absolute atomic E-state index is 11.9. The van der Waals surface area contributed by atoms with Gasteiger partial charge in [-0.3, -0.25) is 4.90 Å². The number of piperidine rings is 1. The van der Waals surface area contributed by atoms with Crippen molar-refractivity contribution in [2.45, 2.75) is 206 Å². The molecule has 0 aliphatic carbocycles. The molecule has 1 aliphatic heterocycles. The molecule has 58 heavy (non-hydrogen) atoms. The average Bonchev–Trinajstić information content (AvgIpc) is 3.03. The number of nitrogens with zero attached hydrogens (tertiary/aromatic N) is 4. The van der Waals surface area contributed by atoms with Crippen LogP contribution in [0.1, 0.15) is 119 Å². The van der Waals surface area contributed by atoms with Crippen LogP contribution in [-0.2, 0) is 17.7 Å². The number of likely N-dealkylation sites (tertiary alicyclic amines) is 1. The van der Waals surface area contributed by atoms with Crippen LogP contribution in [0.2, 0.25) is 72.5 Å². The van der Waals surface area contributed by atoms with Gasteiger partial charge in [-0.05, 0) is 110 Å². The fourth-order valence-corrected chi connectivity index (χ4v) is 11.0. The van der Waals surface area contributed by atoms with Gasteiger partial charge in [-0.2, -0.15) is 0 Å². The molecule has 1 saturated heterocycles. The second-order valence-corrected chi connectivity index (χ2v) is 41.9. The SMILES string of the molecule is CC(C)(C)[Si](C)(C)OC[C@@H]1C(O[Si](C)(C)C(C)(C)C)C(O[Si](C)(C)C(C)(C)C)C(O[Si](C)(C)C(C)(C)C)CN1CCCCCCNc1ccc(N=[N+]=[N-])cc1C(=O)O. The van der Waals surface area contributed by atoms with Crippen molar-refractivity contribution in [1.82, 2.24) is 4.90 Å². The summed E-state index contributed by atoms with van der Waals surface area (Å²) in [5, 5.41) is 16.7. The van der Waals surface area contributed by atoms with E-state index in [0.29, 0.717) is 18.8 Å². The minimum atomic E-state index is -2.31. The smallest absolute Gasteiger partial charge is 0.337 e. The Morgan fingerprint density at radius 3 is 1.72 bits per heavy atom. The molecule has 11 nitrogen and oxygen atoms in total. The summed E-state index contributed by atoms with van der Waals surface area (Å²) in [7, 11) is -8.93. The molecule has 1 fully saturated rings. The summed E-state index contributed by atoms with van der Waals surface area (Å²) in [5.41, 5.74) is 9.68. The van der Waals surface area contributed by atoms with Crippen LogP contribution in [0.3, 0.4) is 0 Å². The summed E-state index contributed by atoms with van der Waals surface area (Å²) in [6.45, 7) is 49.6. The Hall–Kier alpha value is -1.53. The highest BCUT2D eigenvalue weighted by molar-refractivity contribution is 6.75. The number of hydrogen-bond donors (Lipinski definition) is 2. The third kappa shape index (κ3) is 14.0. The molecule has 0 amide bonds. The Bertz CT molecular complexity index is 1560. The van der Waals surface area contributed by atoms with Crippen molar-refractivity contribution in [1.29, 1.82) is 0 Å². The zero-order valence-electron chi connectivity index (χ0n) is 40.5. The van der Waals surface area contributed by atoms with E-state index >= 15 is 0 Å². The summed E-state index contributed by atoms with van der Waals surface area (Å²) in [6, 6.07) is 4.70. The molecule has 0 aromatic heterocycles. The number of carboxylic acids is 1. The number of carboxylic acid groups (broad SMARTS) is 1. The largest absolute Gasteiger partial charge is 0.478 e. The monoisotopic (exact) mass is 880 g/mol. The van der Waals surface area contributed by atoms with E-state index in [4.69, 9.17) is 23.2 Å². The third-order valence-corrected chi connectivity index (χ3v) is 32.1. The predicted octanol–water partition coefficient (Wildman–Crippen LogP) is 13.2. The lowest BCUT2D eigenvalue weighted by Gasteiger charge is -2.56. The number of hydrogen-bond acceptors (Lipinski definition) is 8. The van der Waals surface area contributed by atoms with Gasteiger partial charge in [0.15, 0.2) is 33.3 Å². The molecule has 0 spiro atoms. The molecule has 0 bridgehead atoms. The highest BCUT2D eigenvalue weighted by Gasteiger charge is 2.55. The van der Waals surface area contributed by atoms with E-state index in [9.17, 15) is 9.90 Å². The van der Waals surface area contributed by atoms with Gasteiger partial charge in [0, 0.05) is 29.4 Å². The Kier molecular flexibility index (Phi) is 17.8. The molecule has 2 N–H and O–H groups in total. The van der Waals surface area contributed by atoms with Gasteiger partial charge in [-0.15, -0.1) is 0 Å². The van der Waals surface area contributed by atoms with Crippen molar-refractivity contribution >= 4 is 50.6 Å². The van der Waals surface area contributed by atoms with Crippen LogP contribution >= 0.6 is 0 Å². The van der Waals surface area contributed by atoms with Crippen LogP contribution < -0.4 is 5.32 Å². The Morgan fingerprint density at radius 2 is 1.24 bits per heavy atom. The first kappa shape index (κ1) is 52.6. The van der Waals surface area contributed by atoms with Gasteiger partial charge >= 0.3 is 5.97 Å². The molecule has 3 unspecified atom stereocenters. The summed E-state index contributed by atoms with van der Waals surface area (Å²) in [4.78, 5) is 17.3. The third-order valence-electron chi connectivity index (χ3n) is 14.2. The van der Waals surface area contributed by atoms with Crippen LogP contribution in [0.15, 0.2) is 23.3 Å². The van der Waals surface area contributed by atoms with Crippen molar-refractivity contribution in [3.05, 3.63) is 34.2 Å². The highest BCUT2D eigenvalue weighted by atomic mass is 28.4. The number of carbonyl (C=O) groups is 1. The average molecular weight is 881 g/mol. The summed E-state index contributed by atoms with van der Waals surface area (Å²) in [6.07, 6.45) is 3.33. The number of unbranched alkanes of at least 4 members (excludes halogenated alkanes) is 3. The number of nitrogens with one attached hydrogen (secondary N) is 1. The van der Waals surface area contributed by atoms with E-state index in [0.717, 1.165) is 38.8 Å². The van der Waals surface area contributed by atoms with Gasteiger partial charge in [0.2, 0.25) is 0 Å². The van der Waals surface area contributed by atoms with Crippen molar-refractivity contribution in [3.63, 3.8) is 0 Å². The molecule has 1 aromatic rings. The summed E-state index contributed by atoms with van der Waals surface area (Å²) < 4.78 is 29.9. The van der Waals surface area contributed by atoms with Crippen LogP contribution in [-0.4, -0.2) is 99.8 Å². The lowest BCUT2D eigenvalue weighted by Crippen LogP contribution is -2.70. The van der Waals surface area contributed by atoms with Gasteiger partial charge in [-0.1, -0.05) is 107 Å². The van der Waals surface area contributed by atoms with E-state index in [2.05, 4.69) is 156 Å². The fraction of sp³-hybridized carbons (Fsp3) is 0.837. The van der Waals surface area contributed by atoms with Gasteiger partial charge in [0.05, 0.1) is 36.5 Å². The van der Waals surface area contributed by atoms with Gasteiger partial charge in [0.1, 0.15) is 0 Å². The molecule has 1 aliphatic rings. The van der Waals surface area contributed by atoms with Crippen LogP contribution in [0.4, 0.5) is 11.4 Å². The first-order valence-corrected chi connectivity index (χ1v) is 33.3. The predicted molar refractivity (Wildman–Crippen MR) is 254 cm³/mol. The van der Waals surface area contributed by atoms with Gasteiger partial charge in [0.25, 0.3) is 0 Å². The zero-order valence-corrected chi connectivity index (χ0v) is 44.5. The second kappa shape index (κ2) is 19.7. The Labute approximate surface area is 358 Å². The quantitative estimate of drug-likeness (QED) is 0.0460. The van der Waals surface area contributed by atoms with E-state index in [1.54, 1.807) is 12.1 Å². The standard InChI is InChI=1S/C43H85N5O6Si4/c1-40(2,3)55(13,14)51-31-35-37(53-57(17,18)42(7,8)9)38(54-58(19,20)43(10,11)12)36(52-56(15,16)41(4,5)6)30-48(35)28-24-22-21-23-27-45-34-26-25-32(46-47-44)29-33(34)39(49)50/h25-26,29,35-38,45H,21-24,27-28,30-31H2,1-20H3,(H,49,50)/t35-,36?,37?,38?/m1/s1. The molecule has 1 heterocycles. The van der Waals surface area contributed by atoms with E-state index in [1.165, 1.54) is 6.07 Å². The first-order chi connectivity index (χ1) is 26.1.